The minimum atomic E-state index is -0.205. The number of carbonyl (C=O) groups excluding carboxylic acids is 1. The highest BCUT2D eigenvalue weighted by atomic mass is 16.6. The van der Waals surface area contributed by atoms with Gasteiger partial charge in [-0.15, -0.1) is 0 Å². The molecule has 2 aromatic carbocycles. The summed E-state index contributed by atoms with van der Waals surface area (Å²) in [5.74, 6) is 1.39. The molecule has 1 saturated heterocycles. The molecule has 1 saturated carbocycles. The SMILES string of the molecule is O=C(C1CC1)[C@@H]1O[C@H]1c1ccc(OCc2ccccc2)cc1. The van der Waals surface area contributed by atoms with Crippen LogP contribution in [0, 0.1) is 5.92 Å². The molecule has 0 unspecified atom stereocenters. The van der Waals surface area contributed by atoms with E-state index in [1.54, 1.807) is 0 Å². The number of benzene rings is 2. The summed E-state index contributed by atoms with van der Waals surface area (Å²) >= 11 is 0. The smallest absolute Gasteiger partial charge is 0.167 e. The molecule has 2 atom stereocenters. The molecule has 2 aliphatic rings. The monoisotopic (exact) mass is 294 g/mol. The lowest BCUT2D eigenvalue weighted by Crippen LogP contribution is -2.09. The van der Waals surface area contributed by atoms with Crippen LogP contribution in [0.2, 0.25) is 0 Å². The minimum Gasteiger partial charge on any atom is -0.489 e. The van der Waals surface area contributed by atoms with Crippen molar-refractivity contribution >= 4 is 5.78 Å². The maximum absolute atomic E-state index is 11.9. The van der Waals surface area contributed by atoms with Gasteiger partial charge in [-0.25, -0.2) is 0 Å². The zero-order chi connectivity index (χ0) is 14.9. The van der Waals surface area contributed by atoms with Crippen LogP contribution < -0.4 is 4.74 Å². The standard InChI is InChI=1S/C19H18O3/c20-17(14-6-7-14)19-18(22-19)15-8-10-16(11-9-15)21-12-13-4-2-1-3-5-13/h1-5,8-11,14,18-19H,6-7,12H2/t18-,19-/m0/s1. The van der Waals surface area contributed by atoms with Crippen LogP contribution in [0.1, 0.15) is 30.1 Å². The van der Waals surface area contributed by atoms with Crippen molar-refractivity contribution in [2.24, 2.45) is 5.92 Å². The molecule has 3 heteroatoms. The van der Waals surface area contributed by atoms with E-state index in [2.05, 4.69) is 0 Å². The first-order valence-corrected chi connectivity index (χ1v) is 7.77. The molecule has 4 rings (SSSR count). The number of Topliss-reactive ketones (excluding diaryl/α,β-unsaturated/α-hetero) is 1. The Kier molecular flexibility index (Phi) is 3.43. The predicted octanol–water partition coefficient (Wildman–Crippen LogP) is 3.68. The van der Waals surface area contributed by atoms with E-state index in [0.29, 0.717) is 6.61 Å². The van der Waals surface area contributed by atoms with Crippen LogP contribution >= 0.6 is 0 Å². The van der Waals surface area contributed by atoms with Crippen LogP contribution in [-0.4, -0.2) is 11.9 Å². The van der Waals surface area contributed by atoms with Crippen molar-refractivity contribution in [2.45, 2.75) is 31.7 Å². The summed E-state index contributed by atoms with van der Waals surface area (Å²) in [6, 6.07) is 18.0. The van der Waals surface area contributed by atoms with Crippen LogP contribution in [0.3, 0.4) is 0 Å². The number of ether oxygens (including phenoxy) is 2. The van der Waals surface area contributed by atoms with Gasteiger partial charge < -0.3 is 9.47 Å². The van der Waals surface area contributed by atoms with Crippen LogP contribution in [0.15, 0.2) is 54.6 Å². The lowest BCUT2D eigenvalue weighted by atomic mass is 10.1. The van der Waals surface area contributed by atoms with Gasteiger partial charge in [0.15, 0.2) is 5.78 Å². The Bertz CT molecular complexity index is 659. The van der Waals surface area contributed by atoms with Crippen LogP contribution in [0.4, 0.5) is 0 Å². The van der Waals surface area contributed by atoms with Gasteiger partial charge in [-0.05, 0) is 36.1 Å². The second-order valence-corrected chi connectivity index (χ2v) is 6.00. The number of rotatable bonds is 6. The Morgan fingerprint density at radius 1 is 1.05 bits per heavy atom. The third kappa shape index (κ3) is 2.90. The molecule has 1 aliphatic carbocycles. The van der Waals surface area contributed by atoms with E-state index in [9.17, 15) is 4.79 Å². The number of hydrogen-bond acceptors (Lipinski definition) is 3. The highest BCUT2D eigenvalue weighted by Gasteiger charge is 2.50. The van der Waals surface area contributed by atoms with Crippen molar-refractivity contribution in [1.82, 2.24) is 0 Å². The fourth-order valence-corrected chi connectivity index (χ4v) is 2.68. The Morgan fingerprint density at radius 2 is 1.77 bits per heavy atom. The molecule has 2 fully saturated rings. The number of epoxide rings is 1. The Balaban J connectivity index is 1.34. The third-order valence-corrected chi connectivity index (χ3v) is 4.21. The summed E-state index contributed by atoms with van der Waals surface area (Å²) in [5, 5.41) is 0. The number of ketones is 1. The Hall–Kier alpha value is -2.13. The molecule has 2 aromatic rings. The average molecular weight is 294 g/mol. The Labute approximate surface area is 129 Å². The van der Waals surface area contributed by atoms with Crippen molar-refractivity contribution in [3.63, 3.8) is 0 Å². The summed E-state index contributed by atoms with van der Waals surface area (Å²) < 4.78 is 11.3. The van der Waals surface area contributed by atoms with E-state index in [-0.39, 0.29) is 23.9 Å². The lowest BCUT2D eigenvalue weighted by Gasteiger charge is -2.06. The molecule has 1 aliphatic heterocycles. The van der Waals surface area contributed by atoms with Crippen molar-refractivity contribution in [3.8, 4) is 5.75 Å². The summed E-state index contributed by atoms with van der Waals surface area (Å²) in [5.41, 5.74) is 2.21. The normalized spacial score (nSPS) is 23.1. The fraction of sp³-hybridized carbons (Fsp3) is 0.316. The molecule has 0 aromatic heterocycles. The van der Waals surface area contributed by atoms with E-state index in [4.69, 9.17) is 9.47 Å². The zero-order valence-electron chi connectivity index (χ0n) is 12.3. The van der Waals surface area contributed by atoms with Crippen molar-refractivity contribution in [2.75, 3.05) is 0 Å². The zero-order valence-corrected chi connectivity index (χ0v) is 12.3. The second kappa shape index (κ2) is 5.58. The van der Waals surface area contributed by atoms with E-state index < -0.39 is 0 Å². The minimum absolute atomic E-state index is 0.0451. The third-order valence-electron chi connectivity index (χ3n) is 4.21. The molecule has 22 heavy (non-hydrogen) atoms. The molecule has 3 nitrogen and oxygen atoms in total. The molecule has 0 spiro atoms. The number of hydrogen-bond donors (Lipinski definition) is 0. The summed E-state index contributed by atoms with van der Waals surface area (Å²) in [6.45, 7) is 0.558. The fourth-order valence-electron chi connectivity index (χ4n) is 2.68. The van der Waals surface area contributed by atoms with E-state index in [0.717, 1.165) is 29.7 Å². The van der Waals surface area contributed by atoms with Crippen molar-refractivity contribution in [3.05, 3.63) is 65.7 Å². The van der Waals surface area contributed by atoms with Gasteiger partial charge in [0.05, 0.1) is 0 Å². The molecule has 0 amide bonds. The molecule has 0 N–H and O–H groups in total. The maximum atomic E-state index is 11.9. The lowest BCUT2D eigenvalue weighted by molar-refractivity contribution is -0.121. The van der Waals surface area contributed by atoms with Crippen LogP contribution in [0.5, 0.6) is 5.75 Å². The average Bonchev–Trinajstić information content (AvgIpc) is 3.47. The maximum Gasteiger partial charge on any atom is 0.167 e. The number of carbonyl (C=O) groups is 1. The molecule has 1 heterocycles. The summed E-state index contributed by atoms with van der Waals surface area (Å²) in [7, 11) is 0. The topological polar surface area (TPSA) is 38.8 Å². The van der Waals surface area contributed by atoms with E-state index in [1.165, 1.54) is 0 Å². The molecule has 0 radical (unpaired) electrons. The van der Waals surface area contributed by atoms with E-state index >= 15 is 0 Å². The largest absolute Gasteiger partial charge is 0.489 e. The van der Waals surface area contributed by atoms with Gasteiger partial charge in [0.2, 0.25) is 0 Å². The van der Waals surface area contributed by atoms with Gasteiger partial charge in [0.1, 0.15) is 24.6 Å². The van der Waals surface area contributed by atoms with Gasteiger partial charge >= 0.3 is 0 Å². The molecular formula is C19H18O3. The molecule has 0 bridgehead atoms. The first-order chi connectivity index (χ1) is 10.8. The van der Waals surface area contributed by atoms with Gasteiger partial charge in [0, 0.05) is 5.92 Å². The van der Waals surface area contributed by atoms with Gasteiger partial charge in [-0.2, -0.15) is 0 Å². The highest BCUT2D eigenvalue weighted by Crippen LogP contribution is 2.45. The van der Waals surface area contributed by atoms with Gasteiger partial charge in [0.25, 0.3) is 0 Å². The first-order valence-electron chi connectivity index (χ1n) is 7.77. The van der Waals surface area contributed by atoms with Crippen LogP contribution in [0.25, 0.3) is 0 Å². The van der Waals surface area contributed by atoms with E-state index in [1.807, 2.05) is 54.6 Å². The van der Waals surface area contributed by atoms with Gasteiger partial charge in [-0.1, -0.05) is 42.5 Å². The quantitative estimate of drug-likeness (QED) is 0.763. The Morgan fingerprint density at radius 3 is 2.45 bits per heavy atom. The molecular weight excluding hydrogens is 276 g/mol. The van der Waals surface area contributed by atoms with Gasteiger partial charge in [-0.3, -0.25) is 4.79 Å². The van der Waals surface area contributed by atoms with Crippen molar-refractivity contribution in [1.29, 1.82) is 0 Å². The second-order valence-electron chi connectivity index (χ2n) is 6.00. The summed E-state index contributed by atoms with van der Waals surface area (Å²) in [6.07, 6.45) is 1.83. The first kappa shape index (κ1) is 13.5. The highest BCUT2D eigenvalue weighted by molar-refractivity contribution is 5.90. The molecule has 112 valence electrons. The van der Waals surface area contributed by atoms with Crippen LogP contribution in [-0.2, 0) is 16.1 Å². The predicted molar refractivity (Wildman–Crippen MR) is 82.6 cm³/mol. The summed E-state index contributed by atoms with van der Waals surface area (Å²) in [4.78, 5) is 11.9. The van der Waals surface area contributed by atoms with Crippen molar-refractivity contribution < 1.29 is 14.3 Å².